The minimum absolute atomic E-state index is 0.161. The maximum atomic E-state index is 14.7. The lowest BCUT2D eigenvalue weighted by molar-refractivity contribution is 0.0738. The van der Waals surface area contributed by atoms with E-state index in [0.717, 1.165) is 11.1 Å². The van der Waals surface area contributed by atoms with Crippen molar-refractivity contribution in [1.29, 1.82) is 5.26 Å². The van der Waals surface area contributed by atoms with Crippen LogP contribution in [-0.2, 0) is 6.54 Å². The lowest BCUT2D eigenvalue weighted by Gasteiger charge is -2.22. The van der Waals surface area contributed by atoms with Gasteiger partial charge in [-0.05, 0) is 29.8 Å². The van der Waals surface area contributed by atoms with E-state index in [1.165, 1.54) is 10.6 Å². The molecule has 0 bridgehead atoms. The van der Waals surface area contributed by atoms with E-state index in [4.69, 9.17) is 0 Å². The molecule has 0 unspecified atom stereocenters. The summed E-state index contributed by atoms with van der Waals surface area (Å²) < 4.78 is 16.2. The average Bonchev–Trinajstić information content (AvgIpc) is 3.36. The summed E-state index contributed by atoms with van der Waals surface area (Å²) in [5.41, 5.74) is 3.58. The molecule has 36 heavy (non-hydrogen) atoms. The number of rotatable bonds is 7. The molecule has 5 aromatic rings. The molecule has 0 aliphatic rings. The summed E-state index contributed by atoms with van der Waals surface area (Å²) in [5, 5.41) is 13.9. The first-order valence-corrected chi connectivity index (χ1v) is 11.4. The summed E-state index contributed by atoms with van der Waals surface area (Å²) in [6, 6.07) is 25.0. The predicted molar refractivity (Wildman–Crippen MR) is 133 cm³/mol. The highest BCUT2D eigenvalue weighted by Crippen LogP contribution is 2.26. The minimum atomic E-state index is -0.438. The second-order valence-corrected chi connectivity index (χ2v) is 8.17. The molecule has 0 fully saturated rings. The van der Waals surface area contributed by atoms with Crippen molar-refractivity contribution in [2.45, 2.75) is 13.0 Å². The summed E-state index contributed by atoms with van der Waals surface area (Å²) in [5.74, 6) is -0.783. The van der Waals surface area contributed by atoms with Crippen molar-refractivity contribution in [2.75, 3.05) is 6.54 Å². The minimum Gasteiger partial charge on any atom is -0.332 e. The number of aromatic nitrogens is 4. The van der Waals surface area contributed by atoms with Crippen LogP contribution in [0.4, 0.5) is 4.39 Å². The number of carbonyl (C=O) groups excluding carboxylic acids is 1. The van der Waals surface area contributed by atoms with Crippen molar-refractivity contribution in [2.24, 2.45) is 0 Å². The van der Waals surface area contributed by atoms with Crippen LogP contribution in [0.15, 0.2) is 91.3 Å². The van der Waals surface area contributed by atoms with E-state index in [1.54, 1.807) is 53.7 Å². The lowest BCUT2D eigenvalue weighted by atomic mass is 10.1. The number of benzene rings is 2. The zero-order valence-electron chi connectivity index (χ0n) is 19.3. The van der Waals surface area contributed by atoms with E-state index in [9.17, 15) is 14.4 Å². The van der Waals surface area contributed by atoms with Crippen LogP contribution in [0.1, 0.15) is 22.5 Å². The standard InChI is InChI=1S/C28H21FN6O/c29-23-12-5-4-11-22(23)25-16-26(28(36)34(15-7-13-30)19-20-8-6-14-31-18-20)35-27(32-25)17-24(33-35)21-9-2-1-3-10-21/h1-6,8-12,14,16-18H,7,15,19H2. The van der Waals surface area contributed by atoms with Crippen molar-refractivity contribution < 1.29 is 9.18 Å². The largest absolute Gasteiger partial charge is 0.332 e. The normalized spacial score (nSPS) is 10.8. The smallest absolute Gasteiger partial charge is 0.273 e. The molecule has 176 valence electrons. The van der Waals surface area contributed by atoms with Crippen LogP contribution in [0.2, 0.25) is 0 Å². The van der Waals surface area contributed by atoms with Crippen LogP contribution in [0.25, 0.3) is 28.2 Å². The van der Waals surface area contributed by atoms with Crippen LogP contribution in [-0.4, -0.2) is 36.9 Å². The fourth-order valence-corrected chi connectivity index (χ4v) is 4.00. The molecule has 2 aromatic carbocycles. The summed E-state index contributed by atoms with van der Waals surface area (Å²) in [6.45, 7) is 0.482. The van der Waals surface area contributed by atoms with Crippen LogP contribution in [0.3, 0.4) is 0 Å². The van der Waals surface area contributed by atoms with E-state index in [0.29, 0.717) is 17.0 Å². The van der Waals surface area contributed by atoms with Gasteiger partial charge in [0.25, 0.3) is 5.91 Å². The molecule has 3 aromatic heterocycles. The van der Waals surface area contributed by atoms with Gasteiger partial charge in [0.2, 0.25) is 0 Å². The Kier molecular flexibility index (Phi) is 6.45. The van der Waals surface area contributed by atoms with Gasteiger partial charge in [-0.15, -0.1) is 0 Å². The summed E-state index contributed by atoms with van der Waals surface area (Å²) in [7, 11) is 0. The molecule has 8 heteroatoms. The van der Waals surface area contributed by atoms with Gasteiger partial charge >= 0.3 is 0 Å². The van der Waals surface area contributed by atoms with Crippen molar-refractivity contribution in [3.8, 4) is 28.6 Å². The second kappa shape index (κ2) is 10.2. The van der Waals surface area contributed by atoms with Gasteiger partial charge in [-0.1, -0.05) is 48.5 Å². The first kappa shape index (κ1) is 22.9. The Morgan fingerprint density at radius 2 is 1.81 bits per heavy atom. The Morgan fingerprint density at radius 3 is 2.56 bits per heavy atom. The van der Waals surface area contributed by atoms with Gasteiger partial charge in [0.05, 0.1) is 23.9 Å². The Balaban J connectivity index is 1.65. The fraction of sp³-hybridized carbons (Fsp3) is 0.107. The number of carbonyl (C=O) groups is 1. The number of amides is 1. The zero-order chi connectivity index (χ0) is 24.9. The van der Waals surface area contributed by atoms with Gasteiger partial charge in [-0.2, -0.15) is 10.4 Å². The Bertz CT molecular complexity index is 1560. The molecule has 0 atom stereocenters. The maximum Gasteiger partial charge on any atom is 0.273 e. The monoisotopic (exact) mass is 476 g/mol. The Morgan fingerprint density at radius 1 is 1.00 bits per heavy atom. The third kappa shape index (κ3) is 4.68. The van der Waals surface area contributed by atoms with E-state index < -0.39 is 5.82 Å². The van der Waals surface area contributed by atoms with Gasteiger partial charge in [0, 0.05) is 42.7 Å². The van der Waals surface area contributed by atoms with Crippen LogP contribution in [0.5, 0.6) is 0 Å². The van der Waals surface area contributed by atoms with E-state index in [1.807, 2.05) is 36.4 Å². The molecule has 0 saturated carbocycles. The highest BCUT2D eigenvalue weighted by molar-refractivity contribution is 5.94. The van der Waals surface area contributed by atoms with Gasteiger partial charge in [0.1, 0.15) is 11.5 Å². The molecule has 3 heterocycles. The van der Waals surface area contributed by atoms with Crippen molar-refractivity contribution in [1.82, 2.24) is 24.5 Å². The molecule has 0 radical (unpaired) electrons. The fourth-order valence-electron chi connectivity index (χ4n) is 4.00. The van der Waals surface area contributed by atoms with Gasteiger partial charge in [-0.25, -0.2) is 13.9 Å². The van der Waals surface area contributed by atoms with Crippen molar-refractivity contribution >= 4 is 11.6 Å². The number of nitrogens with zero attached hydrogens (tertiary/aromatic N) is 6. The predicted octanol–water partition coefficient (Wildman–Crippen LogP) is 5.15. The molecular formula is C28H21FN6O. The number of nitriles is 1. The summed E-state index contributed by atoms with van der Waals surface area (Å²) >= 11 is 0. The van der Waals surface area contributed by atoms with E-state index in [2.05, 4.69) is 21.1 Å². The summed E-state index contributed by atoms with van der Waals surface area (Å²) in [4.78, 5) is 24.2. The second-order valence-electron chi connectivity index (χ2n) is 8.17. The Hall–Kier alpha value is -4.90. The number of hydrogen-bond acceptors (Lipinski definition) is 5. The maximum absolute atomic E-state index is 14.7. The number of halogens is 1. The molecule has 1 amide bonds. The third-order valence-corrected chi connectivity index (χ3v) is 5.74. The zero-order valence-corrected chi connectivity index (χ0v) is 19.3. The average molecular weight is 477 g/mol. The number of fused-ring (bicyclic) bond motifs is 1. The topological polar surface area (TPSA) is 87.2 Å². The highest BCUT2D eigenvalue weighted by Gasteiger charge is 2.23. The van der Waals surface area contributed by atoms with Crippen LogP contribution >= 0.6 is 0 Å². The van der Waals surface area contributed by atoms with E-state index >= 15 is 0 Å². The molecule has 0 aliphatic heterocycles. The lowest BCUT2D eigenvalue weighted by Crippen LogP contribution is -2.33. The number of hydrogen-bond donors (Lipinski definition) is 0. The van der Waals surface area contributed by atoms with Gasteiger partial charge in [0.15, 0.2) is 5.65 Å². The molecule has 0 spiro atoms. The SMILES string of the molecule is N#CCCN(Cc1cccnc1)C(=O)c1cc(-c2ccccc2F)nc2cc(-c3ccccc3)nn12. The molecular weight excluding hydrogens is 455 g/mol. The molecule has 5 rings (SSSR count). The molecule has 0 aliphatic carbocycles. The quantitative estimate of drug-likeness (QED) is 0.324. The summed E-state index contributed by atoms with van der Waals surface area (Å²) in [6.07, 6.45) is 3.50. The molecule has 0 N–H and O–H groups in total. The van der Waals surface area contributed by atoms with Crippen molar-refractivity contribution in [3.05, 3.63) is 108 Å². The van der Waals surface area contributed by atoms with Gasteiger partial charge < -0.3 is 4.90 Å². The van der Waals surface area contributed by atoms with Crippen molar-refractivity contribution in [3.63, 3.8) is 0 Å². The van der Waals surface area contributed by atoms with Gasteiger partial charge in [-0.3, -0.25) is 9.78 Å². The Labute approximate surface area is 207 Å². The molecule has 0 saturated heterocycles. The van der Waals surface area contributed by atoms with E-state index in [-0.39, 0.29) is 36.7 Å². The first-order valence-electron chi connectivity index (χ1n) is 11.4. The van der Waals surface area contributed by atoms with Crippen LogP contribution < -0.4 is 0 Å². The first-order chi connectivity index (χ1) is 17.6. The van der Waals surface area contributed by atoms with Crippen LogP contribution in [0, 0.1) is 17.1 Å². The third-order valence-electron chi connectivity index (χ3n) is 5.74. The highest BCUT2D eigenvalue weighted by atomic mass is 19.1. The molecule has 7 nitrogen and oxygen atoms in total. The number of pyridine rings is 1.